The summed E-state index contributed by atoms with van der Waals surface area (Å²) in [5.74, 6) is -0.140. The average molecular weight is 240 g/mol. The first kappa shape index (κ1) is 12.5. The minimum atomic E-state index is -0.251. The van der Waals surface area contributed by atoms with Crippen LogP contribution in [-0.4, -0.2) is 59.0 Å². The average Bonchev–Trinajstić information content (AvgIpc) is 2.87. The van der Waals surface area contributed by atoms with Crippen LogP contribution >= 0.6 is 0 Å². The zero-order valence-corrected chi connectivity index (χ0v) is 10.3. The summed E-state index contributed by atoms with van der Waals surface area (Å²) >= 11 is 0. The molecule has 2 rings (SSSR count). The predicted molar refractivity (Wildman–Crippen MR) is 62.2 cm³/mol. The first-order valence-corrected chi connectivity index (χ1v) is 6.32. The molecule has 0 aromatic heterocycles. The Morgan fingerprint density at radius 2 is 2.18 bits per heavy atom. The maximum atomic E-state index is 11.9. The molecule has 0 radical (unpaired) electrons. The van der Waals surface area contributed by atoms with E-state index >= 15 is 0 Å². The number of aliphatic hydroxyl groups is 1. The number of rotatable bonds is 4. The van der Waals surface area contributed by atoms with Crippen LogP contribution in [0.25, 0.3) is 0 Å². The van der Waals surface area contributed by atoms with Crippen molar-refractivity contribution in [3.63, 3.8) is 0 Å². The Kier molecular flexibility index (Phi) is 3.79. The van der Waals surface area contributed by atoms with E-state index < -0.39 is 0 Å². The van der Waals surface area contributed by atoms with Crippen LogP contribution < -0.4 is 0 Å². The van der Waals surface area contributed by atoms with Crippen LogP contribution in [0.3, 0.4) is 0 Å². The maximum absolute atomic E-state index is 11.9. The fourth-order valence-corrected chi connectivity index (χ4v) is 2.90. The SMILES string of the molecule is CN1C(=O)CC(N2CCCC2CCCO)C1=O. The molecule has 0 aromatic rings. The zero-order valence-electron chi connectivity index (χ0n) is 10.3. The molecule has 2 amide bonds. The van der Waals surface area contributed by atoms with Gasteiger partial charge in [0.1, 0.15) is 0 Å². The summed E-state index contributed by atoms with van der Waals surface area (Å²) in [5.41, 5.74) is 0. The van der Waals surface area contributed by atoms with Crippen molar-refractivity contribution in [3.8, 4) is 0 Å². The lowest BCUT2D eigenvalue weighted by Crippen LogP contribution is -2.43. The normalized spacial score (nSPS) is 30.6. The number of imide groups is 1. The smallest absolute Gasteiger partial charge is 0.246 e. The third-order valence-corrected chi connectivity index (χ3v) is 3.88. The molecule has 2 unspecified atom stereocenters. The monoisotopic (exact) mass is 240 g/mol. The van der Waals surface area contributed by atoms with E-state index in [9.17, 15) is 9.59 Å². The molecule has 0 aromatic carbocycles. The predicted octanol–water partition coefficient (Wildman–Crippen LogP) is -0.0194. The van der Waals surface area contributed by atoms with Gasteiger partial charge in [0, 0.05) is 19.7 Å². The highest BCUT2D eigenvalue weighted by molar-refractivity contribution is 6.05. The molecule has 5 nitrogen and oxygen atoms in total. The Labute approximate surface area is 101 Å². The highest BCUT2D eigenvalue weighted by atomic mass is 16.3. The number of nitrogens with zero attached hydrogens (tertiary/aromatic N) is 2. The molecule has 0 aliphatic carbocycles. The van der Waals surface area contributed by atoms with Gasteiger partial charge in [0.25, 0.3) is 0 Å². The van der Waals surface area contributed by atoms with E-state index in [-0.39, 0.29) is 24.5 Å². The highest BCUT2D eigenvalue weighted by Gasteiger charge is 2.43. The third kappa shape index (κ3) is 2.35. The van der Waals surface area contributed by atoms with Gasteiger partial charge in [-0.15, -0.1) is 0 Å². The lowest BCUT2D eigenvalue weighted by molar-refractivity contribution is -0.138. The fraction of sp³-hybridized carbons (Fsp3) is 0.833. The minimum absolute atomic E-state index is 0.0640. The first-order valence-electron chi connectivity index (χ1n) is 6.32. The molecule has 5 heteroatoms. The van der Waals surface area contributed by atoms with Gasteiger partial charge in [-0.1, -0.05) is 0 Å². The molecule has 0 saturated carbocycles. The summed E-state index contributed by atoms with van der Waals surface area (Å²) < 4.78 is 0. The molecule has 0 bridgehead atoms. The fourth-order valence-electron chi connectivity index (χ4n) is 2.90. The van der Waals surface area contributed by atoms with Gasteiger partial charge in [0.05, 0.1) is 12.5 Å². The van der Waals surface area contributed by atoms with Gasteiger partial charge in [-0.25, -0.2) is 0 Å². The first-order chi connectivity index (χ1) is 8.15. The van der Waals surface area contributed by atoms with E-state index in [1.54, 1.807) is 7.05 Å². The molecule has 2 aliphatic rings. The number of hydrogen-bond acceptors (Lipinski definition) is 4. The lowest BCUT2D eigenvalue weighted by Gasteiger charge is -2.28. The lowest BCUT2D eigenvalue weighted by atomic mass is 10.1. The van der Waals surface area contributed by atoms with Crippen molar-refractivity contribution in [1.29, 1.82) is 0 Å². The number of aliphatic hydroxyl groups excluding tert-OH is 1. The Hall–Kier alpha value is -0.940. The Morgan fingerprint density at radius 3 is 2.76 bits per heavy atom. The van der Waals surface area contributed by atoms with Crippen molar-refractivity contribution in [2.24, 2.45) is 0 Å². The largest absolute Gasteiger partial charge is 0.396 e. The van der Waals surface area contributed by atoms with E-state index in [2.05, 4.69) is 4.90 Å². The Bertz CT molecular complexity index is 319. The van der Waals surface area contributed by atoms with Crippen LogP contribution in [0, 0.1) is 0 Å². The van der Waals surface area contributed by atoms with Gasteiger partial charge >= 0.3 is 0 Å². The van der Waals surface area contributed by atoms with Crippen molar-refractivity contribution < 1.29 is 14.7 Å². The molecule has 0 spiro atoms. The topological polar surface area (TPSA) is 60.9 Å². The Morgan fingerprint density at radius 1 is 1.41 bits per heavy atom. The van der Waals surface area contributed by atoms with Gasteiger partial charge in [-0.05, 0) is 32.2 Å². The van der Waals surface area contributed by atoms with E-state index in [1.165, 1.54) is 4.90 Å². The number of likely N-dealkylation sites (N-methyl/N-ethyl adjacent to an activating group) is 1. The molecular weight excluding hydrogens is 220 g/mol. The molecule has 2 aliphatic heterocycles. The summed E-state index contributed by atoms with van der Waals surface area (Å²) in [6.07, 6.45) is 4.16. The Balaban J connectivity index is 2.01. The van der Waals surface area contributed by atoms with Gasteiger partial charge in [0.15, 0.2) is 0 Å². The second-order valence-corrected chi connectivity index (χ2v) is 4.91. The van der Waals surface area contributed by atoms with Crippen molar-refractivity contribution in [1.82, 2.24) is 9.80 Å². The summed E-state index contributed by atoms with van der Waals surface area (Å²) in [4.78, 5) is 26.9. The summed E-state index contributed by atoms with van der Waals surface area (Å²) in [6.45, 7) is 1.09. The number of hydrogen-bond donors (Lipinski definition) is 1. The van der Waals surface area contributed by atoms with E-state index in [4.69, 9.17) is 5.11 Å². The molecular formula is C12H20N2O3. The molecule has 17 heavy (non-hydrogen) atoms. The number of carbonyl (C=O) groups excluding carboxylic acids is 2. The van der Waals surface area contributed by atoms with Gasteiger partial charge in [0.2, 0.25) is 11.8 Å². The molecule has 2 heterocycles. The quantitative estimate of drug-likeness (QED) is 0.702. The van der Waals surface area contributed by atoms with Crippen molar-refractivity contribution in [2.45, 2.75) is 44.2 Å². The minimum Gasteiger partial charge on any atom is -0.396 e. The number of carbonyl (C=O) groups is 2. The standard InChI is InChI=1S/C12H20N2O3/c1-13-11(16)8-10(12(13)17)14-6-2-4-9(14)5-3-7-15/h9-10,15H,2-8H2,1H3. The third-order valence-electron chi connectivity index (χ3n) is 3.88. The van der Waals surface area contributed by atoms with E-state index in [0.717, 1.165) is 32.2 Å². The van der Waals surface area contributed by atoms with Gasteiger partial charge in [-0.2, -0.15) is 0 Å². The van der Waals surface area contributed by atoms with Crippen molar-refractivity contribution >= 4 is 11.8 Å². The van der Waals surface area contributed by atoms with Gasteiger partial charge in [-0.3, -0.25) is 19.4 Å². The maximum Gasteiger partial charge on any atom is 0.246 e. The molecule has 96 valence electrons. The summed E-state index contributed by atoms with van der Waals surface area (Å²) in [7, 11) is 1.56. The summed E-state index contributed by atoms with van der Waals surface area (Å²) in [5, 5.41) is 8.87. The van der Waals surface area contributed by atoms with Crippen LogP contribution in [0.1, 0.15) is 32.1 Å². The second kappa shape index (κ2) is 5.14. The molecule has 2 atom stereocenters. The van der Waals surface area contributed by atoms with Crippen molar-refractivity contribution in [3.05, 3.63) is 0 Å². The van der Waals surface area contributed by atoms with Crippen LogP contribution in [-0.2, 0) is 9.59 Å². The number of likely N-dealkylation sites (tertiary alicyclic amines) is 2. The summed E-state index contributed by atoms with van der Waals surface area (Å²) in [6, 6.07) is 0.106. The molecule has 1 N–H and O–H groups in total. The molecule has 2 saturated heterocycles. The van der Waals surface area contributed by atoms with E-state index in [1.807, 2.05) is 0 Å². The van der Waals surface area contributed by atoms with Crippen molar-refractivity contribution in [2.75, 3.05) is 20.2 Å². The van der Waals surface area contributed by atoms with Crippen LogP contribution in [0.4, 0.5) is 0 Å². The van der Waals surface area contributed by atoms with E-state index in [0.29, 0.717) is 12.5 Å². The van der Waals surface area contributed by atoms with Crippen LogP contribution in [0.5, 0.6) is 0 Å². The van der Waals surface area contributed by atoms with Crippen LogP contribution in [0.15, 0.2) is 0 Å². The zero-order chi connectivity index (χ0) is 12.4. The second-order valence-electron chi connectivity index (χ2n) is 4.91. The highest BCUT2D eigenvalue weighted by Crippen LogP contribution is 2.28. The van der Waals surface area contributed by atoms with Gasteiger partial charge < -0.3 is 5.11 Å². The van der Waals surface area contributed by atoms with Crippen LogP contribution in [0.2, 0.25) is 0 Å². The number of amides is 2. The molecule has 2 fully saturated rings.